The number of benzene rings is 3. The van der Waals surface area contributed by atoms with Crippen molar-refractivity contribution in [2.24, 2.45) is 5.92 Å². The summed E-state index contributed by atoms with van der Waals surface area (Å²) < 4.78 is 27.5. The van der Waals surface area contributed by atoms with Crippen molar-refractivity contribution in [3.05, 3.63) is 65.9 Å². The number of nitrogens with zero attached hydrogens (tertiary/aromatic N) is 4. The second-order valence-corrected chi connectivity index (χ2v) is 16.7. The first-order valence-electron chi connectivity index (χ1n) is 21.1. The number of fused-ring (bicyclic) bond motifs is 6. The van der Waals surface area contributed by atoms with Crippen molar-refractivity contribution >= 4 is 45.8 Å². The van der Waals surface area contributed by atoms with Gasteiger partial charge in [-0.05, 0) is 86.4 Å². The number of carbonyl (C=O) groups excluding carboxylic acids is 3. The Morgan fingerprint density at radius 3 is 2.38 bits per heavy atom. The molecule has 2 aromatic heterocycles. The second kappa shape index (κ2) is 17.9. The molecule has 5 N–H and O–H groups in total. The van der Waals surface area contributed by atoms with Gasteiger partial charge in [0, 0.05) is 50.8 Å². The smallest absolute Gasteiger partial charge is 0.407 e. The van der Waals surface area contributed by atoms with E-state index in [-0.39, 0.29) is 29.8 Å². The van der Waals surface area contributed by atoms with Gasteiger partial charge in [-0.25, -0.2) is 19.6 Å². The van der Waals surface area contributed by atoms with E-state index in [1.807, 2.05) is 31.2 Å². The van der Waals surface area contributed by atoms with Crippen molar-refractivity contribution in [1.29, 1.82) is 0 Å². The normalized spacial score (nSPS) is 21.3. The lowest BCUT2D eigenvalue weighted by Gasteiger charge is -2.33. The van der Waals surface area contributed by atoms with E-state index < -0.39 is 42.5 Å². The Morgan fingerprint density at radius 1 is 0.905 bits per heavy atom. The molecule has 0 unspecified atom stereocenters. The van der Waals surface area contributed by atoms with Crippen LogP contribution >= 0.6 is 0 Å². The number of H-pyrrole nitrogens is 2. The van der Waals surface area contributed by atoms with Gasteiger partial charge >= 0.3 is 12.2 Å². The van der Waals surface area contributed by atoms with E-state index >= 15 is 0 Å². The molecule has 334 valence electrons. The Labute approximate surface area is 364 Å². The number of hydrogen-bond donors (Lipinski definition) is 5. The highest BCUT2D eigenvalue weighted by molar-refractivity contribution is 6.07. The fourth-order valence-corrected chi connectivity index (χ4v) is 9.38. The van der Waals surface area contributed by atoms with Crippen molar-refractivity contribution < 1.29 is 48.0 Å². The van der Waals surface area contributed by atoms with Gasteiger partial charge in [0.2, 0.25) is 11.8 Å². The van der Waals surface area contributed by atoms with E-state index in [1.165, 1.54) is 21.3 Å². The molecule has 0 bridgehead atoms. The number of amides is 4. The van der Waals surface area contributed by atoms with Crippen LogP contribution in [0.1, 0.15) is 69.3 Å². The summed E-state index contributed by atoms with van der Waals surface area (Å²) in [6.45, 7) is 6.57. The number of carboxylic acid groups (broad SMARTS) is 1. The van der Waals surface area contributed by atoms with Gasteiger partial charge in [0.25, 0.3) is 0 Å². The third-order valence-electron chi connectivity index (χ3n) is 12.9. The lowest BCUT2D eigenvalue weighted by Crippen LogP contribution is -2.55. The lowest BCUT2D eigenvalue weighted by atomic mass is 9.92. The topological polar surface area (TPSA) is 223 Å². The summed E-state index contributed by atoms with van der Waals surface area (Å²) in [5.41, 5.74) is 6.25. The van der Waals surface area contributed by atoms with Gasteiger partial charge in [-0.15, -0.1) is 0 Å². The van der Waals surface area contributed by atoms with Crippen molar-refractivity contribution in [2.75, 3.05) is 41.6 Å². The Kier molecular flexibility index (Phi) is 12.3. The molecule has 4 amide bonds. The Balaban J connectivity index is 1.05. The van der Waals surface area contributed by atoms with Crippen LogP contribution in [-0.2, 0) is 35.1 Å². The highest BCUT2D eigenvalue weighted by atomic mass is 16.5. The fourth-order valence-electron chi connectivity index (χ4n) is 9.38. The Hall–Kier alpha value is -6.24. The van der Waals surface area contributed by atoms with Crippen molar-refractivity contribution in [1.82, 2.24) is 40.4 Å². The van der Waals surface area contributed by atoms with Crippen LogP contribution in [0.2, 0.25) is 0 Å². The van der Waals surface area contributed by atoms with E-state index in [4.69, 9.17) is 33.7 Å². The Bertz CT molecular complexity index is 2540. The quantitative estimate of drug-likeness (QED) is 0.0964. The maximum Gasteiger partial charge on any atom is 0.407 e. The summed E-state index contributed by atoms with van der Waals surface area (Å²) in [4.78, 5) is 72.0. The minimum Gasteiger partial charge on any atom is -0.488 e. The minimum absolute atomic E-state index is 0.0579. The predicted molar refractivity (Wildman–Crippen MR) is 231 cm³/mol. The highest BCUT2D eigenvalue weighted by Gasteiger charge is 2.44. The maximum atomic E-state index is 14.0. The van der Waals surface area contributed by atoms with Crippen LogP contribution in [-0.4, -0.2) is 131 Å². The van der Waals surface area contributed by atoms with E-state index in [1.54, 1.807) is 37.0 Å². The van der Waals surface area contributed by atoms with Crippen molar-refractivity contribution in [3.8, 4) is 28.1 Å². The number of likely N-dealkylation sites (tertiary alicyclic amines) is 2. The van der Waals surface area contributed by atoms with Crippen molar-refractivity contribution in [2.45, 2.75) is 89.1 Å². The van der Waals surface area contributed by atoms with Gasteiger partial charge in [-0.2, -0.15) is 0 Å². The molecule has 63 heavy (non-hydrogen) atoms. The molecule has 5 aromatic rings. The maximum absolute atomic E-state index is 14.0. The number of methoxy groups -OCH3 is 4. The SMILES string of the molecule is COC[C@H]1C[C@@H](c2ncc(-c3ccc4c(c3)COc3cc5c(ccc6[nH]c([C@@H]7CC[C@H](C)N7C(=O)[C@@H](NC(=O)O)[C@@H](C)OC)nc65)cc3-4)[nH]2)N(C(=O)[C@@H](NC(=O)OC)[C@@H](C)OC)C1. The van der Waals surface area contributed by atoms with Gasteiger partial charge < -0.3 is 59.2 Å². The zero-order valence-corrected chi connectivity index (χ0v) is 36.4. The van der Waals surface area contributed by atoms with Crippen LogP contribution < -0.4 is 15.4 Å². The molecule has 3 aliphatic rings. The van der Waals surface area contributed by atoms with Gasteiger partial charge in [-0.1, -0.05) is 18.2 Å². The lowest BCUT2D eigenvalue weighted by molar-refractivity contribution is -0.139. The average Bonchev–Trinajstić information content (AvgIpc) is 4.11. The molecule has 0 saturated carbocycles. The van der Waals surface area contributed by atoms with Crippen molar-refractivity contribution in [3.63, 3.8) is 0 Å². The molecule has 8 rings (SSSR count). The molecule has 18 nitrogen and oxygen atoms in total. The highest BCUT2D eigenvalue weighted by Crippen LogP contribution is 2.44. The number of aromatic nitrogens is 4. The monoisotopic (exact) mass is 866 g/mol. The molecule has 8 atom stereocenters. The molecule has 18 heteroatoms. The molecule has 3 aliphatic heterocycles. The van der Waals surface area contributed by atoms with Gasteiger partial charge in [0.1, 0.15) is 36.1 Å². The van der Waals surface area contributed by atoms with E-state index in [0.717, 1.165) is 61.9 Å². The molecule has 0 radical (unpaired) electrons. The largest absolute Gasteiger partial charge is 0.488 e. The standard InChI is InChI=1S/C45H54N8O10/c1-22-8-13-34(53(22)43(55)38(24(3)61-6)50-44(56)57)41-47-32-12-10-26-16-31-29-11-9-27(15-28(29)21-63-36(31)17-30(26)39(32)49-41)33-18-46-40(48-33)35-14-25(20-59-4)19-52(35)42(54)37(23(2)60-5)51-45(58)62-7/h9-12,15-18,22-25,34-35,37-38,50H,8,13-14,19-21H2,1-7H3,(H,46,48)(H,47,49)(H,51,58)(H,56,57)/t22-,23+,24+,25-,34-,35-,37-,38-/m0/s1. The number of ether oxygens (including phenoxy) is 5. The molecular formula is C45H54N8O10. The summed E-state index contributed by atoms with van der Waals surface area (Å²) >= 11 is 0. The van der Waals surface area contributed by atoms with Gasteiger partial charge in [-0.3, -0.25) is 9.59 Å². The molecule has 2 fully saturated rings. The van der Waals surface area contributed by atoms with E-state index in [9.17, 15) is 24.3 Å². The van der Waals surface area contributed by atoms with E-state index in [0.29, 0.717) is 44.2 Å². The van der Waals surface area contributed by atoms with Crippen LogP contribution in [0.15, 0.2) is 48.7 Å². The summed E-state index contributed by atoms with van der Waals surface area (Å²) in [6, 6.07) is 11.4. The van der Waals surface area contributed by atoms with Crippen LogP contribution in [0.4, 0.5) is 9.59 Å². The average molecular weight is 867 g/mol. The molecule has 0 spiro atoms. The summed E-state index contributed by atoms with van der Waals surface area (Å²) in [5.74, 6) is 1.38. The van der Waals surface area contributed by atoms with Crippen LogP contribution in [0.25, 0.3) is 44.2 Å². The first-order valence-corrected chi connectivity index (χ1v) is 21.1. The number of nitrogens with one attached hydrogen (secondary N) is 4. The molecular weight excluding hydrogens is 813 g/mol. The number of carbonyl (C=O) groups is 4. The first kappa shape index (κ1) is 43.4. The molecule has 2 saturated heterocycles. The first-order chi connectivity index (χ1) is 30.3. The fraction of sp³-hybridized carbons (Fsp3) is 0.467. The summed E-state index contributed by atoms with van der Waals surface area (Å²) in [6.07, 6.45) is 0.487. The number of hydrogen-bond acceptors (Lipinski definition) is 11. The third kappa shape index (κ3) is 8.25. The number of alkyl carbamates (subject to hydrolysis) is 1. The zero-order chi connectivity index (χ0) is 44.7. The summed E-state index contributed by atoms with van der Waals surface area (Å²) in [7, 11) is 5.82. The number of aromatic amines is 2. The molecule has 3 aromatic carbocycles. The zero-order valence-electron chi connectivity index (χ0n) is 36.4. The van der Waals surface area contributed by atoms with Gasteiger partial charge in [0.05, 0.1) is 60.9 Å². The minimum atomic E-state index is -1.30. The van der Waals surface area contributed by atoms with E-state index in [2.05, 4.69) is 38.8 Å². The van der Waals surface area contributed by atoms with Crippen LogP contribution in [0.5, 0.6) is 5.75 Å². The van der Waals surface area contributed by atoms with Crippen LogP contribution in [0, 0.1) is 5.92 Å². The molecule has 0 aliphatic carbocycles. The number of imidazole rings is 2. The third-order valence-corrected chi connectivity index (χ3v) is 12.9. The number of rotatable bonds is 13. The van der Waals surface area contributed by atoms with Crippen LogP contribution in [0.3, 0.4) is 0 Å². The summed E-state index contributed by atoms with van der Waals surface area (Å²) in [5, 5.41) is 16.4. The second-order valence-electron chi connectivity index (χ2n) is 16.7. The Morgan fingerprint density at radius 2 is 1.67 bits per heavy atom. The molecule has 5 heterocycles. The van der Waals surface area contributed by atoms with Gasteiger partial charge in [0.15, 0.2) is 0 Å². The predicted octanol–water partition coefficient (Wildman–Crippen LogP) is 5.68.